The molecule has 0 bridgehead atoms. The van der Waals surface area contributed by atoms with Crippen molar-refractivity contribution in [2.75, 3.05) is 0 Å². The maximum atomic E-state index is 6.48. The number of fused-ring (bicyclic) bond motifs is 3. The van der Waals surface area contributed by atoms with Crippen molar-refractivity contribution in [3.05, 3.63) is 200 Å². The van der Waals surface area contributed by atoms with Crippen molar-refractivity contribution in [2.45, 2.75) is 0 Å². The molecule has 0 spiro atoms. The first-order chi connectivity index (χ1) is 27.2. The summed E-state index contributed by atoms with van der Waals surface area (Å²) in [5.74, 6) is 1.89. The van der Waals surface area contributed by atoms with Gasteiger partial charge in [0, 0.05) is 27.5 Å². The maximum absolute atomic E-state index is 6.48. The van der Waals surface area contributed by atoms with Crippen LogP contribution < -0.4 is 0 Å². The number of aromatic nitrogens is 3. The SMILES string of the molecule is c1ccc(-c2cc(-c3ccccc3)cc(-c3cccc(-c4ccc5c(c4)oc4ccc(-c6nc(-c7ccccc7)nc(-c7ccccc7)n6)cc45)c3)c2)cc1. The minimum atomic E-state index is 0.615. The molecule has 8 aromatic carbocycles. The van der Waals surface area contributed by atoms with E-state index in [1.54, 1.807) is 0 Å². The second-order valence-corrected chi connectivity index (χ2v) is 13.7. The summed E-state index contributed by atoms with van der Waals surface area (Å²) in [5.41, 5.74) is 13.7. The smallest absolute Gasteiger partial charge is 0.164 e. The third-order valence-electron chi connectivity index (χ3n) is 10.1. The molecule has 0 fully saturated rings. The number of benzene rings is 8. The van der Waals surface area contributed by atoms with Crippen molar-refractivity contribution in [1.82, 2.24) is 15.0 Å². The molecule has 0 aliphatic rings. The van der Waals surface area contributed by atoms with Gasteiger partial charge >= 0.3 is 0 Å². The normalized spacial score (nSPS) is 11.3. The lowest BCUT2D eigenvalue weighted by Crippen LogP contribution is -2.00. The van der Waals surface area contributed by atoms with Gasteiger partial charge in [0.1, 0.15) is 11.2 Å². The highest BCUT2D eigenvalue weighted by Gasteiger charge is 2.16. The summed E-state index contributed by atoms with van der Waals surface area (Å²) in [6.07, 6.45) is 0. The number of hydrogen-bond acceptors (Lipinski definition) is 4. The van der Waals surface area contributed by atoms with E-state index in [2.05, 4.69) is 127 Å². The zero-order valence-corrected chi connectivity index (χ0v) is 29.8. The Bertz CT molecular complexity index is 2840. The first-order valence-electron chi connectivity index (χ1n) is 18.4. The van der Waals surface area contributed by atoms with E-state index in [0.29, 0.717) is 17.5 Å². The van der Waals surface area contributed by atoms with Crippen molar-refractivity contribution >= 4 is 21.9 Å². The molecule has 0 aliphatic heterocycles. The van der Waals surface area contributed by atoms with Crippen LogP contribution in [0.1, 0.15) is 0 Å². The summed E-state index contributed by atoms with van der Waals surface area (Å²) < 4.78 is 6.48. The molecule has 4 nitrogen and oxygen atoms in total. The molecule has 2 aromatic heterocycles. The quantitative estimate of drug-likeness (QED) is 0.166. The molecule has 10 aromatic rings. The van der Waals surface area contributed by atoms with E-state index >= 15 is 0 Å². The minimum Gasteiger partial charge on any atom is -0.456 e. The van der Waals surface area contributed by atoms with Crippen LogP contribution in [0.25, 0.3) is 101 Å². The van der Waals surface area contributed by atoms with E-state index < -0.39 is 0 Å². The van der Waals surface area contributed by atoms with Crippen LogP contribution in [0.2, 0.25) is 0 Å². The Morgan fingerprint density at radius 1 is 0.236 bits per heavy atom. The van der Waals surface area contributed by atoms with Gasteiger partial charge in [-0.15, -0.1) is 0 Å². The Hall–Kier alpha value is -7.43. The highest BCUT2D eigenvalue weighted by Crippen LogP contribution is 2.37. The number of rotatable bonds is 7. The lowest BCUT2D eigenvalue weighted by Gasteiger charge is -2.12. The molecule has 2 heterocycles. The molecule has 10 rings (SSSR count). The van der Waals surface area contributed by atoms with E-state index in [-0.39, 0.29) is 0 Å². The van der Waals surface area contributed by atoms with Crippen molar-refractivity contribution in [2.24, 2.45) is 0 Å². The summed E-state index contributed by atoms with van der Waals surface area (Å²) in [6, 6.07) is 69.6. The minimum absolute atomic E-state index is 0.615. The van der Waals surface area contributed by atoms with Crippen LogP contribution in [0.15, 0.2) is 205 Å². The monoisotopic (exact) mass is 703 g/mol. The summed E-state index contributed by atoms with van der Waals surface area (Å²) in [7, 11) is 0. The van der Waals surface area contributed by atoms with Crippen LogP contribution in [0.4, 0.5) is 0 Å². The van der Waals surface area contributed by atoms with Gasteiger partial charge in [0.15, 0.2) is 17.5 Å². The molecule has 55 heavy (non-hydrogen) atoms. The Morgan fingerprint density at radius 2 is 0.636 bits per heavy atom. The molecule has 0 N–H and O–H groups in total. The van der Waals surface area contributed by atoms with Gasteiger partial charge in [0.05, 0.1) is 0 Å². The van der Waals surface area contributed by atoms with E-state index in [0.717, 1.165) is 55.3 Å². The highest BCUT2D eigenvalue weighted by molar-refractivity contribution is 6.07. The van der Waals surface area contributed by atoms with Crippen LogP contribution in [-0.4, -0.2) is 15.0 Å². The van der Waals surface area contributed by atoms with Crippen LogP contribution in [0.5, 0.6) is 0 Å². The molecule has 0 radical (unpaired) electrons. The fraction of sp³-hybridized carbons (Fsp3) is 0. The largest absolute Gasteiger partial charge is 0.456 e. The Labute approximate surface area is 319 Å². The third-order valence-corrected chi connectivity index (χ3v) is 10.1. The van der Waals surface area contributed by atoms with Gasteiger partial charge in [-0.1, -0.05) is 146 Å². The van der Waals surface area contributed by atoms with E-state index in [4.69, 9.17) is 19.4 Å². The fourth-order valence-corrected chi connectivity index (χ4v) is 7.30. The molecule has 0 saturated carbocycles. The van der Waals surface area contributed by atoms with Gasteiger partial charge in [-0.05, 0) is 99.1 Å². The van der Waals surface area contributed by atoms with Gasteiger partial charge < -0.3 is 4.42 Å². The van der Waals surface area contributed by atoms with Crippen LogP contribution >= 0.6 is 0 Å². The Morgan fingerprint density at radius 3 is 1.18 bits per heavy atom. The predicted octanol–water partition coefficient (Wildman–Crippen LogP) is 13.4. The van der Waals surface area contributed by atoms with Gasteiger partial charge in [-0.3, -0.25) is 0 Å². The zero-order chi connectivity index (χ0) is 36.6. The van der Waals surface area contributed by atoms with Crippen molar-refractivity contribution in [3.8, 4) is 78.7 Å². The maximum Gasteiger partial charge on any atom is 0.164 e. The molecular weight excluding hydrogens is 671 g/mol. The van der Waals surface area contributed by atoms with Gasteiger partial charge in [0.2, 0.25) is 0 Å². The zero-order valence-electron chi connectivity index (χ0n) is 29.8. The second kappa shape index (κ2) is 13.8. The predicted molar refractivity (Wildman–Crippen MR) is 225 cm³/mol. The molecule has 258 valence electrons. The second-order valence-electron chi connectivity index (χ2n) is 13.7. The van der Waals surface area contributed by atoms with Gasteiger partial charge in [-0.2, -0.15) is 0 Å². The topological polar surface area (TPSA) is 51.8 Å². The van der Waals surface area contributed by atoms with Gasteiger partial charge in [0.25, 0.3) is 0 Å². The van der Waals surface area contributed by atoms with Crippen LogP contribution in [0, 0.1) is 0 Å². The Balaban J connectivity index is 1.03. The van der Waals surface area contributed by atoms with Crippen molar-refractivity contribution in [1.29, 1.82) is 0 Å². The Kier molecular flexibility index (Phi) is 8.12. The average molecular weight is 704 g/mol. The molecule has 4 heteroatoms. The molecule has 0 atom stereocenters. The van der Waals surface area contributed by atoms with Crippen LogP contribution in [-0.2, 0) is 0 Å². The van der Waals surface area contributed by atoms with E-state index in [1.165, 1.54) is 27.8 Å². The lowest BCUT2D eigenvalue weighted by molar-refractivity contribution is 0.669. The number of nitrogens with zero attached hydrogens (tertiary/aromatic N) is 3. The van der Waals surface area contributed by atoms with E-state index in [9.17, 15) is 0 Å². The molecule has 0 unspecified atom stereocenters. The summed E-state index contributed by atoms with van der Waals surface area (Å²) in [5, 5.41) is 2.06. The number of hydrogen-bond donors (Lipinski definition) is 0. The van der Waals surface area contributed by atoms with Crippen molar-refractivity contribution in [3.63, 3.8) is 0 Å². The standard InChI is InChI=1S/C51H33N3O/c1-5-14-34(15-6-1)42-29-43(35-16-7-2-8-17-35)31-44(30-42)39-23-13-22-38(28-39)40-24-26-45-46-32-41(25-27-47(46)55-48(45)33-40)51-53-49(36-18-9-3-10-19-36)52-50(54-51)37-20-11-4-12-21-37/h1-33H. The first kappa shape index (κ1) is 32.2. The third kappa shape index (κ3) is 6.36. The summed E-state index contributed by atoms with van der Waals surface area (Å²) in [6.45, 7) is 0. The summed E-state index contributed by atoms with van der Waals surface area (Å²) >= 11 is 0. The lowest BCUT2D eigenvalue weighted by atomic mass is 9.92. The summed E-state index contributed by atoms with van der Waals surface area (Å²) in [4.78, 5) is 14.8. The van der Waals surface area contributed by atoms with Crippen molar-refractivity contribution < 1.29 is 4.42 Å². The average Bonchev–Trinajstić information content (AvgIpc) is 3.64. The van der Waals surface area contributed by atoms with Gasteiger partial charge in [-0.25, -0.2) is 15.0 Å². The van der Waals surface area contributed by atoms with E-state index in [1.807, 2.05) is 72.8 Å². The molecular formula is C51H33N3O. The number of furan rings is 1. The molecule has 0 saturated heterocycles. The van der Waals surface area contributed by atoms with Crippen LogP contribution in [0.3, 0.4) is 0 Å². The fourth-order valence-electron chi connectivity index (χ4n) is 7.30. The molecule has 0 amide bonds. The molecule has 0 aliphatic carbocycles. The highest BCUT2D eigenvalue weighted by atomic mass is 16.3. The first-order valence-corrected chi connectivity index (χ1v) is 18.4.